The predicted octanol–water partition coefficient (Wildman–Crippen LogP) is 0.941. The summed E-state index contributed by atoms with van der Waals surface area (Å²) in [6, 6.07) is 0. The molecule has 0 aromatic carbocycles. The van der Waals surface area contributed by atoms with Crippen molar-refractivity contribution < 1.29 is 42.7 Å². The first-order valence-corrected chi connectivity index (χ1v) is 11.4. The molecule has 13 nitrogen and oxygen atoms in total. The monoisotopic (exact) mass is 484 g/mol. The van der Waals surface area contributed by atoms with Crippen LogP contribution in [0.25, 0.3) is 10.4 Å². The summed E-state index contributed by atoms with van der Waals surface area (Å²) >= 11 is 0. The summed E-state index contributed by atoms with van der Waals surface area (Å²) in [6.45, 7) is 7.42. The lowest BCUT2D eigenvalue weighted by Crippen LogP contribution is -2.41. The molecular formula is C21H32N4O9. The molecule has 1 N–H and O–H groups in total. The summed E-state index contributed by atoms with van der Waals surface area (Å²) in [6.07, 6.45) is -3.78. The van der Waals surface area contributed by atoms with Crippen LogP contribution in [0.3, 0.4) is 0 Å². The van der Waals surface area contributed by atoms with Gasteiger partial charge in [0.1, 0.15) is 30.5 Å². The zero-order chi connectivity index (χ0) is 24.7. The van der Waals surface area contributed by atoms with Gasteiger partial charge in [-0.3, -0.25) is 9.59 Å². The van der Waals surface area contributed by atoms with Gasteiger partial charge in [0, 0.05) is 11.5 Å². The van der Waals surface area contributed by atoms with Gasteiger partial charge in [-0.1, -0.05) is 5.11 Å². The Bertz CT molecular complexity index is 846. The van der Waals surface area contributed by atoms with E-state index in [0.717, 1.165) is 0 Å². The minimum absolute atomic E-state index is 0.0280. The number of carbonyl (C=O) groups excluding carboxylic acids is 2. The number of rotatable bonds is 8. The highest BCUT2D eigenvalue weighted by Crippen LogP contribution is 2.41. The summed E-state index contributed by atoms with van der Waals surface area (Å²) in [7, 11) is 1.31. The van der Waals surface area contributed by atoms with Crippen molar-refractivity contribution in [3.05, 3.63) is 10.4 Å². The van der Waals surface area contributed by atoms with E-state index in [4.69, 9.17) is 38.7 Å². The average molecular weight is 485 g/mol. The number of hydrogen-bond acceptors (Lipinski definition) is 10. The van der Waals surface area contributed by atoms with Crippen LogP contribution in [-0.4, -0.2) is 92.5 Å². The number of azide groups is 1. The molecule has 190 valence electrons. The van der Waals surface area contributed by atoms with Gasteiger partial charge in [-0.2, -0.15) is 0 Å². The minimum atomic E-state index is -0.823. The number of nitrogens with one attached hydrogen (secondary N) is 1. The number of nitrogens with zero attached hydrogens (tertiary/aromatic N) is 3. The minimum Gasteiger partial charge on any atom is -0.469 e. The largest absolute Gasteiger partial charge is 0.469 e. The fourth-order valence-corrected chi connectivity index (χ4v) is 5.02. The second-order valence-corrected chi connectivity index (χ2v) is 9.76. The lowest BCUT2D eigenvalue weighted by Gasteiger charge is -2.25. The molecule has 4 aliphatic rings. The molecule has 0 unspecified atom stereocenters. The molecular weight excluding hydrogens is 452 g/mol. The third-order valence-corrected chi connectivity index (χ3v) is 6.30. The van der Waals surface area contributed by atoms with E-state index in [1.165, 1.54) is 7.11 Å². The zero-order valence-corrected chi connectivity index (χ0v) is 20.0. The van der Waals surface area contributed by atoms with E-state index in [1.807, 2.05) is 0 Å². The van der Waals surface area contributed by atoms with Gasteiger partial charge in [0.05, 0.1) is 44.8 Å². The predicted molar refractivity (Wildman–Crippen MR) is 113 cm³/mol. The molecule has 0 aliphatic carbocycles. The second-order valence-electron chi connectivity index (χ2n) is 9.76. The van der Waals surface area contributed by atoms with Crippen LogP contribution in [0.4, 0.5) is 0 Å². The Kier molecular flexibility index (Phi) is 7.07. The number of hydrogen-bond donors (Lipinski definition) is 1. The highest BCUT2D eigenvalue weighted by atomic mass is 16.8. The first-order valence-electron chi connectivity index (χ1n) is 11.4. The summed E-state index contributed by atoms with van der Waals surface area (Å²) in [4.78, 5) is 27.3. The lowest BCUT2D eigenvalue weighted by molar-refractivity contribution is -0.189. The Hall–Kier alpha value is -1.99. The summed E-state index contributed by atoms with van der Waals surface area (Å²) < 4.78 is 40.4. The maximum Gasteiger partial charge on any atom is 0.308 e. The first kappa shape index (κ1) is 25.1. The summed E-state index contributed by atoms with van der Waals surface area (Å²) in [5.74, 6) is -2.32. The van der Waals surface area contributed by atoms with Crippen LogP contribution in [0.5, 0.6) is 0 Å². The Morgan fingerprint density at radius 1 is 0.882 bits per heavy atom. The van der Waals surface area contributed by atoms with Crippen molar-refractivity contribution in [1.82, 2.24) is 5.32 Å². The molecule has 0 aromatic heterocycles. The molecule has 4 heterocycles. The maximum absolute atomic E-state index is 12.8. The summed E-state index contributed by atoms with van der Waals surface area (Å²) in [5, 5.41) is 6.45. The molecule has 4 fully saturated rings. The van der Waals surface area contributed by atoms with Crippen LogP contribution >= 0.6 is 0 Å². The molecule has 13 heteroatoms. The molecule has 0 bridgehead atoms. The molecule has 4 aliphatic heterocycles. The molecule has 0 aromatic rings. The van der Waals surface area contributed by atoms with E-state index in [-0.39, 0.29) is 31.8 Å². The number of carbonyl (C=O) groups is 2. The highest BCUT2D eigenvalue weighted by Gasteiger charge is 2.56. The smallest absolute Gasteiger partial charge is 0.308 e. The van der Waals surface area contributed by atoms with Crippen molar-refractivity contribution in [2.45, 2.75) is 101 Å². The van der Waals surface area contributed by atoms with Gasteiger partial charge >= 0.3 is 5.97 Å². The van der Waals surface area contributed by atoms with Crippen molar-refractivity contribution >= 4 is 11.9 Å². The zero-order valence-electron chi connectivity index (χ0n) is 20.0. The first-order chi connectivity index (χ1) is 16.0. The van der Waals surface area contributed by atoms with E-state index in [2.05, 4.69) is 15.3 Å². The van der Waals surface area contributed by atoms with Crippen LogP contribution in [0.2, 0.25) is 0 Å². The van der Waals surface area contributed by atoms with Crippen LogP contribution in [0.1, 0.15) is 40.5 Å². The van der Waals surface area contributed by atoms with Crippen LogP contribution in [-0.2, 0) is 42.7 Å². The molecule has 34 heavy (non-hydrogen) atoms. The third-order valence-electron chi connectivity index (χ3n) is 6.30. The van der Waals surface area contributed by atoms with E-state index < -0.39 is 66.4 Å². The molecule has 1 amide bonds. The SMILES string of the molecule is COC(=O)C[C@@H]1O[C@H](CNC(=O)C[C@@H]2O[C@H](CN=[N+]=[N-])[C@H]3OC(C)(C)O[C@H]32)[C@H]2OC(C)(C)O[C@H]21. The highest BCUT2D eigenvalue weighted by molar-refractivity contribution is 5.76. The van der Waals surface area contributed by atoms with Crippen molar-refractivity contribution in [3.63, 3.8) is 0 Å². The van der Waals surface area contributed by atoms with Gasteiger partial charge in [-0.15, -0.1) is 0 Å². The lowest BCUT2D eigenvalue weighted by atomic mass is 10.0. The molecule has 0 saturated carbocycles. The van der Waals surface area contributed by atoms with E-state index in [0.29, 0.717) is 0 Å². The van der Waals surface area contributed by atoms with Crippen molar-refractivity contribution in [3.8, 4) is 0 Å². The van der Waals surface area contributed by atoms with Gasteiger partial charge in [0.15, 0.2) is 11.6 Å². The fraction of sp³-hybridized carbons (Fsp3) is 0.905. The maximum atomic E-state index is 12.8. The normalized spacial score (nSPS) is 39.2. The van der Waals surface area contributed by atoms with Crippen molar-refractivity contribution in [2.24, 2.45) is 5.11 Å². The average Bonchev–Trinajstić information content (AvgIpc) is 3.43. The standard InChI is InChI=1S/C21H32N4O9/c1-20(2)31-16-10(29-13(9-24-25-22)19(16)34-20)6-14(26)23-8-12-18-17(32-21(3,4)33-18)11(30-12)7-15(27)28-5/h10-13,16-19H,6-9H2,1-5H3,(H,23,26)/t10-,11-,12+,13+,16-,17-,18+,19+/m0/s1. The van der Waals surface area contributed by atoms with Gasteiger partial charge < -0.3 is 38.5 Å². The Morgan fingerprint density at radius 2 is 1.38 bits per heavy atom. The Balaban J connectivity index is 1.34. The third kappa shape index (κ3) is 5.30. The number of esters is 1. The van der Waals surface area contributed by atoms with E-state index in [1.54, 1.807) is 27.7 Å². The van der Waals surface area contributed by atoms with Crippen molar-refractivity contribution in [2.75, 3.05) is 20.2 Å². The van der Waals surface area contributed by atoms with Gasteiger partial charge in [-0.05, 0) is 33.2 Å². The summed E-state index contributed by atoms with van der Waals surface area (Å²) in [5.41, 5.74) is 8.64. The van der Waals surface area contributed by atoms with Gasteiger partial charge in [-0.25, -0.2) is 0 Å². The number of fused-ring (bicyclic) bond motifs is 2. The van der Waals surface area contributed by atoms with Crippen LogP contribution < -0.4 is 5.32 Å². The van der Waals surface area contributed by atoms with Gasteiger partial charge in [0.25, 0.3) is 0 Å². The second kappa shape index (κ2) is 9.57. The molecule has 0 radical (unpaired) electrons. The number of amides is 1. The van der Waals surface area contributed by atoms with Gasteiger partial charge in [0.2, 0.25) is 5.91 Å². The quantitative estimate of drug-likeness (QED) is 0.229. The number of ether oxygens (including phenoxy) is 7. The molecule has 0 spiro atoms. The van der Waals surface area contributed by atoms with Crippen molar-refractivity contribution in [1.29, 1.82) is 0 Å². The Morgan fingerprint density at radius 3 is 1.94 bits per heavy atom. The van der Waals surface area contributed by atoms with Crippen LogP contribution in [0, 0.1) is 0 Å². The van der Waals surface area contributed by atoms with E-state index in [9.17, 15) is 9.59 Å². The van der Waals surface area contributed by atoms with Crippen LogP contribution in [0.15, 0.2) is 5.11 Å². The Labute approximate surface area is 197 Å². The van der Waals surface area contributed by atoms with E-state index >= 15 is 0 Å². The molecule has 4 rings (SSSR count). The molecule has 4 saturated heterocycles. The number of methoxy groups -OCH3 is 1. The molecule has 8 atom stereocenters. The topological polar surface area (TPSA) is 160 Å². The fourth-order valence-electron chi connectivity index (χ4n) is 5.02.